The molecule has 2 amide bonds. The Kier molecular flexibility index (Phi) is 4.31. The number of benzene rings is 2. The number of nitrogens with zero attached hydrogens (tertiary/aromatic N) is 1. The van der Waals surface area contributed by atoms with Gasteiger partial charge in [0.25, 0.3) is 0 Å². The van der Waals surface area contributed by atoms with Crippen molar-refractivity contribution in [2.45, 2.75) is 20.4 Å². The maximum Gasteiger partial charge on any atom is 0.419 e. The summed E-state index contributed by atoms with van der Waals surface area (Å²) in [4.78, 5) is 23.8. The number of amides is 2. The Labute approximate surface area is 143 Å². The van der Waals surface area contributed by atoms with Gasteiger partial charge in [-0.15, -0.1) is 0 Å². The number of urea groups is 1. The van der Waals surface area contributed by atoms with E-state index in [0.29, 0.717) is 34.0 Å². The molecule has 124 valence electrons. The minimum absolute atomic E-state index is 0.416. The van der Waals surface area contributed by atoms with Crippen molar-refractivity contribution in [2.24, 2.45) is 0 Å². The first-order valence-corrected chi connectivity index (χ1v) is 7.83. The lowest BCUT2D eigenvalue weighted by Crippen LogP contribution is -2.19. The summed E-state index contributed by atoms with van der Waals surface area (Å²) in [6, 6.07) is 9.98. The topological polar surface area (TPSA) is 76.3 Å². The van der Waals surface area contributed by atoms with Crippen LogP contribution in [0.2, 0.25) is 5.02 Å². The zero-order valence-electron chi connectivity index (χ0n) is 13.2. The molecule has 6 nitrogen and oxygen atoms in total. The molecule has 2 N–H and O–H groups in total. The minimum atomic E-state index is -0.433. The van der Waals surface area contributed by atoms with Crippen LogP contribution in [0.4, 0.5) is 16.2 Å². The molecule has 1 heterocycles. The maximum absolute atomic E-state index is 12.1. The van der Waals surface area contributed by atoms with Crippen molar-refractivity contribution in [2.75, 3.05) is 10.6 Å². The van der Waals surface area contributed by atoms with Gasteiger partial charge in [0.2, 0.25) is 0 Å². The second-order valence-electron chi connectivity index (χ2n) is 5.36. The number of oxazole rings is 1. The molecule has 0 aliphatic carbocycles. The molecule has 24 heavy (non-hydrogen) atoms. The summed E-state index contributed by atoms with van der Waals surface area (Å²) in [6.45, 7) is 4.30. The first-order valence-electron chi connectivity index (χ1n) is 7.45. The van der Waals surface area contributed by atoms with Gasteiger partial charge in [0.1, 0.15) is 0 Å². The lowest BCUT2D eigenvalue weighted by atomic mass is 10.2. The lowest BCUT2D eigenvalue weighted by Gasteiger charge is -2.09. The smallest absolute Gasteiger partial charge is 0.408 e. The zero-order valence-corrected chi connectivity index (χ0v) is 14.0. The Bertz CT molecular complexity index is 975. The third-order valence-electron chi connectivity index (χ3n) is 3.62. The Hall–Kier alpha value is -2.73. The van der Waals surface area contributed by atoms with Crippen molar-refractivity contribution in [1.29, 1.82) is 0 Å². The molecular formula is C17H16ClN3O3. The van der Waals surface area contributed by atoms with Gasteiger partial charge in [-0.3, -0.25) is 4.57 Å². The SMILES string of the molecule is CCn1c(=O)oc2cc(NC(=O)Nc3ccc(C)cc3Cl)ccc21. The number of carbonyl (C=O) groups excluding carboxylic acids is 1. The third-order valence-corrected chi connectivity index (χ3v) is 3.93. The fourth-order valence-electron chi connectivity index (χ4n) is 2.45. The van der Waals surface area contributed by atoms with Crippen molar-refractivity contribution in [3.8, 4) is 0 Å². The molecule has 0 saturated carbocycles. The number of carbonyl (C=O) groups is 1. The molecule has 0 aliphatic heterocycles. The predicted molar refractivity (Wildman–Crippen MR) is 95.0 cm³/mol. The van der Waals surface area contributed by atoms with E-state index in [-0.39, 0.29) is 0 Å². The predicted octanol–water partition coefficient (Wildman–Crippen LogP) is 4.22. The fourth-order valence-corrected chi connectivity index (χ4v) is 2.73. The van der Waals surface area contributed by atoms with E-state index in [1.165, 1.54) is 4.57 Å². The molecular weight excluding hydrogens is 330 g/mol. The van der Waals surface area contributed by atoms with Crippen LogP contribution in [0.3, 0.4) is 0 Å². The van der Waals surface area contributed by atoms with Gasteiger partial charge in [-0.1, -0.05) is 17.7 Å². The van der Waals surface area contributed by atoms with Crippen LogP contribution >= 0.6 is 11.6 Å². The van der Waals surface area contributed by atoms with Crippen LogP contribution in [0.25, 0.3) is 11.1 Å². The highest BCUT2D eigenvalue weighted by atomic mass is 35.5. The molecule has 2 aromatic carbocycles. The number of hydrogen-bond acceptors (Lipinski definition) is 3. The van der Waals surface area contributed by atoms with Gasteiger partial charge in [0.15, 0.2) is 5.58 Å². The van der Waals surface area contributed by atoms with Crippen LogP contribution in [0, 0.1) is 6.92 Å². The van der Waals surface area contributed by atoms with E-state index < -0.39 is 11.8 Å². The largest absolute Gasteiger partial charge is 0.419 e. The van der Waals surface area contributed by atoms with E-state index in [0.717, 1.165) is 5.56 Å². The Morgan fingerprint density at radius 2 is 2.00 bits per heavy atom. The van der Waals surface area contributed by atoms with E-state index in [1.807, 2.05) is 19.9 Å². The van der Waals surface area contributed by atoms with E-state index in [2.05, 4.69) is 10.6 Å². The van der Waals surface area contributed by atoms with E-state index in [4.69, 9.17) is 16.0 Å². The quantitative estimate of drug-likeness (QED) is 0.746. The lowest BCUT2D eigenvalue weighted by molar-refractivity contribution is 0.262. The van der Waals surface area contributed by atoms with Crippen LogP contribution in [-0.4, -0.2) is 10.6 Å². The van der Waals surface area contributed by atoms with Crippen LogP contribution in [-0.2, 0) is 6.54 Å². The van der Waals surface area contributed by atoms with Gasteiger partial charge in [0.05, 0.1) is 16.2 Å². The number of aromatic nitrogens is 1. The van der Waals surface area contributed by atoms with Crippen LogP contribution in [0.1, 0.15) is 12.5 Å². The van der Waals surface area contributed by atoms with E-state index >= 15 is 0 Å². The van der Waals surface area contributed by atoms with Crippen LogP contribution in [0.5, 0.6) is 0 Å². The van der Waals surface area contributed by atoms with Crippen molar-refractivity contribution in [3.63, 3.8) is 0 Å². The third kappa shape index (κ3) is 3.14. The highest BCUT2D eigenvalue weighted by Crippen LogP contribution is 2.23. The monoisotopic (exact) mass is 345 g/mol. The molecule has 0 saturated heterocycles. The number of fused-ring (bicyclic) bond motifs is 1. The number of aryl methyl sites for hydroxylation is 2. The molecule has 1 aromatic heterocycles. The molecule has 0 atom stereocenters. The average Bonchev–Trinajstić information content (AvgIpc) is 2.84. The van der Waals surface area contributed by atoms with Gasteiger partial charge < -0.3 is 15.1 Å². The van der Waals surface area contributed by atoms with Gasteiger partial charge in [-0.2, -0.15) is 0 Å². The second-order valence-corrected chi connectivity index (χ2v) is 5.76. The van der Waals surface area contributed by atoms with Gasteiger partial charge in [-0.25, -0.2) is 9.59 Å². The highest BCUT2D eigenvalue weighted by Gasteiger charge is 2.10. The molecule has 0 fully saturated rings. The summed E-state index contributed by atoms with van der Waals surface area (Å²) < 4.78 is 6.70. The second kappa shape index (κ2) is 6.41. The Balaban J connectivity index is 1.79. The molecule has 0 unspecified atom stereocenters. The summed E-state index contributed by atoms with van der Waals surface area (Å²) in [5.74, 6) is -0.416. The molecule has 0 bridgehead atoms. The molecule has 3 rings (SSSR count). The Morgan fingerprint density at radius 1 is 1.21 bits per heavy atom. The number of anilines is 2. The van der Waals surface area contributed by atoms with Gasteiger partial charge in [-0.05, 0) is 43.7 Å². The molecule has 7 heteroatoms. The molecule has 0 radical (unpaired) electrons. The minimum Gasteiger partial charge on any atom is -0.408 e. The van der Waals surface area contributed by atoms with Crippen molar-refractivity contribution in [3.05, 3.63) is 57.5 Å². The molecule has 0 spiro atoms. The Morgan fingerprint density at radius 3 is 2.71 bits per heavy atom. The van der Waals surface area contributed by atoms with Gasteiger partial charge >= 0.3 is 11.8 Å². The zero-order chi connectivity index (χ0) is 17.3. The van der Waals surface area contributed by atoms with Crippen molar-refractivity contribution >= 4 is 40.1 Å². The van der Waals surface area contributed by atoms with E-state index in [9.17, 15) is 9.59 Å². The van der Waals surface area contributed by atoms with Crippen molar-refractivity contribution < 1.29 is 9.21 Å². The summed E-state index contributed by atoms with van der Waals surface area (Å²) >= 11 is 6.10. The van der Waals surface area contributed by atoms with E-state index in [1.54, 1.807) is 30.3 Å². The standard InChI is InChI=1S/C17H16ClN3O3/c1-3-21-14-7-5-11(9-15(14)24-17(21)23)19-16(22)20-13-6-4-10(2)8-12(13)18/h4-9H,3H2,1-2H3,(H2,19,20,22). The summed E-state index contributed by atoms with van der Waals surface area (Å²) in [5.41, 5.74) is 3.15. The van der Waals surface area contributed by atoms with Gasteiger partial charge in [0, 0.05) is 18.3 Å². The van der Waals surface area contributed by atoms with Crippen LogP contribution in [0.15, 0.2) is 45.6 Å². The van der Waals surface area contributed by atoms with Crippen molar-refractivity contribution in [1.82, 2.24) is 4.57 Å². The summed E-state index contributed by atoms with van der Waals surface area (Å²) in [7, 11) is 0. The fraction of sp³-hybridized carbons (Fsp3) is 0.176. The summed E-state index contributed by atoms with van der Waals surface area (Å²) in [6.07, 6.45) is 0. The first kappa shape index (κ1) is 16.1. The summed E-state index contributed by atoms with van der Waals surface area (Å²) in [5, 5.41) is 5.84. The average molecular weight is 346 g/mol. The van der Waals surface area contributed by atoms with Crippen LogP contribution < -0.4 is 16.4 Å². The molecule has 3 aromatic rings. The highest BCUT2D eigenvalue weighted by molar-refractivity contribution is 6.33. The number of hydrogen-bond donors (Lipinski definition) is 2. The molecule has 0 aliphatic rings. The number of nitrogens with one attached hydrogen (secondary N) is 2. The first-order chi connectivity index (χ1) is 11.5. The number of rotatable bonds is 3. The number of halogens is 1. The maximum atomic E-state index is 12.1. The normalized spacial score (nSPS) is 10.8.